The maximum atomic E-state index is 11.4. The highest BCUT2D eigenvalue weighted by Gasteiger charge is 2.20. The fourth-order valence-electron chi connectivity index (χ4n) is 0.761. The number of aromatic nitrogens is 1. The van der Waals surface area contributed by atoms with Gasteiger partial charge < -0.3 is 5.32 Å². The highest BCUT2D eigenvalue weighted by Crippen LogP contribution is 2.13. The van der Waals surface area contributed by atoms with Gasteiger partial charge in [-0.1, -0.05) is 20.8 Å². The van der Waals surface area contributed by atoms with Gasteiger partial charge in [-0.3, -0.25) is 4.79 Å². The minimum absolute atomic E-state index is 0.0581. The second-order valence-corrected chi connectivity index (χ2v) is 4.84. The Morgan fingerprint density at radius 2 is 2.31 bits per heavy atom. The normalized spacial score (nSPS) is 11.3. The van der Waals surface area contributed by atoms with Crippen LogP contribution in [0.3, 0.4) is 0 Å². The SMILES string of the molecule is CC(C)(C)C(=O)NCc1nccs1. The molecule has 0 radical (unpaired) electrons. The first-order valence-electron chi connectivity index (χ1n) is 4.17. The number of thiazole rings is 1. The molecule has 0 aliphatic rings. The number of hydrogen-bond donors (Lipinski definition) is 1. The van der Waals surface area contributed by atoms with Crippen molar-refractivity contribution in [2.75, 3.05) is 0 Å². The van der Waals surface area contributed by atoms with Gasteiger partial charge >= 0.3 is 0 Å². The molecule has 0 bridgehead atoms. The fraction of sp³-hybridized carbons (Fsp3) is 0.556. The number of carbonyl (C=O) groups is 1. The summed E-state index contributed by atoms with van der Waals surface area (Å²) in [4.78, 5) is 15.5. The molecule has 3 nitrogen and oxygen atoms in total. The van der Waals surface area contributed by atoms with E-state index in [0.717, 1.165) is 5.01 Å². The Morgan fingerprint density at radius 1 is 1.62 bits per heavy atom. The summed E-state index contributed by atoms with van der Waals surface area (Å²) in [7, 11) is 0. The molecule has 0 aromatic carbocycles. The van der Waals surface area contributed by atoms with Crippen LogP contribution in [0.4, 0.5) is 0 Å². The topological polar surface area (TPSA) is 42.0 Å². The summed E-state index contributed by atoms with van der Waals surface area (Å²) in [5.41, 5.74) is -0.322. The van der Waals surface area contributed by atoms with E-state index in [1.165, 1.54) is 0 Å². The minimum atomic E-state index is -0.322. The van der Waals surface area contributed by atoms with Gasteiger partial charge in [0.25, 0.3) is 0 Å². The van der Waals surface area contributed by atoms with Crippen LogP contribution in [0, 0.1) is 5.41 Å². The zero-order valence-electron chi connectivity index (χ0n) is 8.13. The molecule has 1 aromatic rings. The Hall–Kier alpha value is -0.900. The number of rotatable bonds is 2. The average Bonchev–Trinajstić information content (AvgIpc) is 2.50. The molecule has 1 amide bonds. The molecule has 0 atom stereocenters. The summed E-state index contributed by atoms with van der Waals surface area (Å²) >= 11 is 1.55. The Bertz CT molecular complexity index is 274. The van der Waals surface area contributed by atoms with Crippen molar-refractivity contribution in [3.63, 3.8) is 0 Å². The second kappa shape index (κ2) is 3.87. The molecule has 0 aliphatic heterocycles. The smallest absolute Gasteiger partial charge is 0.225 e. The molecular formula is C9H14N2OS. The molecule has 0 unspecified atom stereocenters. The summed E-state index contributed by atoms with van der Waals surface area (Å²) in [6, 6.07) is 0. The molecule has 1 N–H and O–H groups in total. The fourth-order valence-corrected chi connectivity index (χ4v) is 1.32. The van der Waals surface area contributed by atoms with Crippen molar-refractivity contribution in [1.29, 1.82) is 0 Å². The van der Waals surface area contributed by atoms with Gasteiger partial charge in [0.2, 0.25) is 5.91 Å². The molecule has 13 heavy (non-hydrogen) atoms. The van der Waals surface area contributed by atoms with Crippen LogP contribution in [0.15, 0.2) is 11.6 Å². The van der Waals surface area contributed by atoms with Crippen molar-refractivity contribution in [3.05, 3.63) is 16.6 Å². The largest absolute Gasteiger partial charge is 0.349 e. The monoisotopic (exact) mass is 198 g/mol. The van der Waals surface area contributed by atoms with Crippen molar-refractivity contribution in [3.8, 4) is 0 Å². The number of hydrogen-bond acceptors (Lipinski definition) is 3. The Balaban J connectivity index is 2.40. The number of amides is 1. The van der Waals surface area contributed by atoms with E-state index in [0.29, 0.717) is 6.54 Å². The van der Waals surface area contributed by atoms with Crippen LogP contribution < -0.4 is 5.32 Å². The molecule has 0 fully saturated rings. The number of nitrogens with zero attached hydrogens (tertiary/aromatic N) is 1. The predicted molar refractivity (Wildman–Crippen MR) is 53.4 cm³/mol. The first-order valence-corrected chi connectivity index (χ1v) is 5.05. The Kier molecular flexibility index (Phi) is 3.03. The Labute approximate surface area is 82.2 Å². The zero-order valence-corrected chi connectivity index (χ0v) is 8.94. The van der Waals surface area contributed by atoms with E-state index in [-0.39, 0.29) is 11.3 Å². The quantitative estimate of drug-likeness (QED) is 0.787. The lowest BCUT2D eigenvalue weighted by molar-refractivity contribution is -0.128. The van der Waals surface area contributed by atoms with Gasteiger partial charge in [-0.25, -0.2) is 4.98 Å². The third-order valence-corrected chi connectivity index (χ3v) is 2.34. The minimum Gasteiger partial charge on any atom is -0.349 e. The lowest BCUT2D eigenvalue weighted by atomic mass is 9.96. The third kappa shape index (κ3) is 3.14. The summed E-state index contributed by atoms with van der Waals surface area (Å²) in [5.74, 6) is 0.0581. The van der Waals surface area contributed by atoms with Gasteiger partial charge in [0.15, 0.2) is 0 Å². The van der Waals surface area contributed by atoms with Gasteiger partial charge in [-0.15, -0.1) is 11.3 Å². The molecular weight excluding hydrogens is 184 g/mol. The van der Waals surface area contributed by atoms with Crippen molar-refractivity contribution in [2.45, 2.75) is 27.3 Å². The number of carbonyl (C=O) groups excluding carboxylic acids is 1. The molecule has 72 valence electrons. The van der Waals surface area contributed by atoms with E-state index >= 15 is 0 Å². The second-order valence-electron chi connectivity index (χ2n) is 3.86. The van der Waals surface area contributed by atoms with Gasteiger partial charge in [0, 0.05) is 17.0 Å². The Morgan fingerprint density at radius 3 is 2.77 bits per heavy atom. The average molecular weight is 198 g/mol. The first-order chi connectivity index (χ1) is 6.00. The molecule has 0 spiro atoms. The van der Waals surface area contributed by atoms with Crippen molar-refractivity contribution < 1.29 is 4.79 Å². The maximum absolute atomic E-state index is 11.4. The van der Waals surface area contributed by atoms with Crippen LogP contribution in [-0.2, 0) is 11.3 Å². The zero-order chi connectivity index (χ0) is 9.90. The molecule has 4 heteroatoms. The summed E-state index contributed by atoms with van der Waals surface area (Å²) in [6.07, 6.45) is 1.74. The van der Waals surface area contributed by atoms with Crippen LogP contribution in [0.5, 0.6) is 0 Å². The standard InChI is InChI=1S/C9H14N2OS/c1-9(2,3)8(12)11-6-7-10-4-5-13-7/h4-5H,6H2,1-3H3,(H,11,12). The van der Waals surface area contributed by atoms with Gasteiger partial charge in [0.1, 0.15) is 5.01 Å². The van der Waals surface area contributed by atoms with Crippen LogP contribution >= 0.6 is 11.3 Å². The van der Waals surface area contributed by atoms with E-state index in [4.69, 9.17) is 0 Å². The van der Waals surface area contributed by atoms with E-state index in [1.807, 2.05) is 26.2 Å². The van der Waals surface area contributed by atoms with Gasteiger partial charge in [-0.2, -0.15) is 0 Å². The van der Waals surface area contributed by atoms with Crippen LogP contribution in [0.2, 0.25) is 0 Å². The van der Waals surface area contributed by atoms with E-state index in [9.17, 15) is 4.79 Å². The van der Waals surface area contributed by atoms with E-state index < -0.39 is 0 Å². The summed E-state index contributed by atoms with van der Waals surface area (Å²) in [6.45, 7) is 6.21. The van der Waals surface area contributed by atoms with Crippen molar-refractivity contribution in [1.82, 2.24) is 10.3 Å². The van der Waals surface area contributed by atoms with Crippen LogP contribution in [-0.4, -0.2) is 10.9 Å². The van der Waals surface area contributed by atoms with E-state index in [1.54, 1.807) is 17.5 Å². The van der Waals surface area contributed by atoms with Gasteiger partial charge in [-0.05, 0) is 0 Å². The molecule has 0 saturated carbocycles. The highest BCUT2D eigenvalue weighted by atomic mass is 32.1. The van der Waals surface area contributed by atoms with Crippen molar-refractivity contribution >= 4 is 17.2 Å². The molecule has 0 saturated heterocycles. The summed E-state index contributed by atoms with van der Waals surface area (Å²) < 4.78 is 0. The molecule has 1 heterocycles. The molecule has 1 rings (SSSR count). The van der Waals surface area contributed by atoms with Crippen LogP contribution in [0.25, 0.3) is 0 Å². The lowest BCUT2D eigenvalue weighted by Gasteiger charge is -2.16. The summed E-state index contributed by atoms with van der Waals surface area (Å²) in [5, 5.41) is 5.68. The van der Waals surface area contributed by atoms with Crippen molar-refractivity contribution in [2.24, 2.45) is 5.41 Å². The first kappa shape index (κ1) is 10.2. The third-order valence-electron chi connectivity index (χ3n) is 1.56. The maximum Gasteiger partial charge on any atom is 0.225 e. The van der Waals surface area contributed by atoms with Crippen LogP contribution in [0.1, 0.15) is 25.8 Å². The van der Waals surface area contributed by atoms with Gasteiger partial charge in [0.05, 0.1) is 6.54 Å². The molecule has 0 aliphatic carbocycles. The lowest BCUT2D eigenvalue weighted by Crippen LogP contribution is -2.34. The highest BCUT2D eigenvalue weighted by molar-refractivity contribution is 7.09. The van der Waals surface area contributed by atoms with E-state index in [2.05, 4.69) is 10.3 Å². The number of nitrogens with one attached hydrogen (secondary N) is 1. The predicted octanol–water partition coefficient (Wildman–Crippen LogP) is 1.81. The molecule has 1 aromatic heterocycles.